The molecule has 8 nitrogen and oxygen atoms in total. The van der Waals surface area contributed by atoms with E-state index in [4.69, 9.17) is 14.3 Å². The fourth-order valence-electron chi connectivity index (χ4n) is 2.91. The molecule has 1 aliphatic heterocycles. The second kappa shape index (κ2) is 9.43. The van der Waals surface area contributed by atoms with Crippen LogP contribution in [0.15, 0.2) is 30.3 Å². The van der Waals surface area contributed by atoms with Gasteiger partial charge >= 0.3 is 18.2 Å². The molecule has 154 valence electrons. The molecule has 0 aliphatic carbocycles. The number of hydroxylamine groups is 1. The van der Waals surface area contributed by atoms with Crippen molar-refractivity contribution in [1.82, 2.24) is 10.4 Å². The van der Waals surface area contributed by atoms with Crippen molar-refractivity contribution < 1.29 is 28.7 Å². The number of benzene rings is 1. The zero-order valence-electron chi connectivity index (χ0n) is 16.8. The van der Waals surface area contributed by atoms with Gasteiger partial charge in [-0.15, -0.1) is 5.48 Å². The van der Waals surface area contributed by atoms with Gasteiger partial charge in [-0.05, 0) is 46.1 Å². The number of rotatable bonds is 3. The predicted octanol–water partition coefficient (Wildman–Crippen LogP) is 3.41. The monoisotopic (exact) mass is 392 g/mol. The Bertz CT molecular complexity index is 686. The molecule has 1 heterocycles. The molecule has 2 rings (SSSR count). The summed E-state index contributed by atoms with van der Waals surface area (Å²) in [5.74, 6) is -0.963. The standard InChI is InChI=1S/C20H28N2O6/c1-14-12-16(10-11-22(14)19(25)27-20(2,3)4)17(23)28-21-18(24)26-13-15-8-6-5-7-9-15/h5-9,14,16H,10-13H2,1-4H3,(H,21,24). The van der Waals surface area contributed by atoms with Crippen molar-refractivity contribution in [2.24, 2.45) is 5.92 Å². The van der Waals surface area contributed by atoms with E-state index in [-0.39, 0.29) is 12.6 Å². The van der Waals surface area contributed by atoms with Crippen LogP contribution in [0.1, 0.15) is 46.1 Å². The molecular weight excluding hydrogens is 364 g/mol. The van der Waals surface area contributed by atoms with Crippen LogP contribution in [0.5, 0.6) is 0 Å². The Labute approximate surface area is 165 Å². The van der Waals surface area contributed by atoms with Crippen LogP contribution >= 0.6 is 0 Å². The van der Waals surface area contributed by atoms with Crippen LogP contribution in [-0.2, 0) is 25.7 Å². The molecule has 8 heteroatoms. The molecule has 0 spiro atoms. The van der Waals surface area contributed by atoms with E-state index in [1.165, 1.54) is 0 Å². The van der Waals surface area contributed by atoms with Crippen LogP contribution in [0.4, 0.5) is 9.59 Å². The molecule has 1 aromatic carbocycles. The summed E-state index contributed by atoms with van der Waals surface area (Å²) in [5, 5.41) is 0. The zero-order chi connectivity index (χ0) is 20.7. The molecule has 1 saturated heterocycles. The molecule has 2 unspecified atom stereocenters. The molecule has 0 bridgehead atoms. The summed E-state index contributed by atoms with van der Waals surface area (Å²) >= 11 is 0. The third kappa shape index (κ3) is 6.75. The van der Waals surface area contributed by atoms with E-state index in [9.17, 15) is 14.4 Å². The average molecular weight is 392 g/mol. The Balaban J connectivity index is 1.73. The number of hydrogen-bond acceptors (Lipinski definition) is 6. The summed E-state index contributed by atoms with van der Waals surface area (Å²) in [6.45, 7) is 7.74. The lowest BCUT2D eigenvalue weighted by Gasteiger charge is -2.37. The van der Waals surface area contributed by atoms with E-state index < -0.39 is 29.7 Å². The highest BCUT2D eigenvalue weighted by atomic mass is 16.7. The normalized spacial score (nSPS) is 19.5. The summed E-state index contributed by atoms with van der Waals surface area (Å²) in [5.41, 5.74) is 2.27. The summed E-state index contributed by atoms with van der Waals surface area (Å²) < 4.78 is 10.4. The van der Waals surface area contributed by atoms with Crippen molar-refractivity contribution in [3.63, 3.8) is 0 Å². The molecule has 2 amide bonds. The number of amides is 2. The average Bonchev–Trinajstić information content (AvgIpc) is 2.63. The van der Waals surface area contributed by atoms with E-state index in [0.717, 1.165) is 5.56 Å². The SMILES string of the molecule is CC1CC(C(=O)ONC(=O)OCc2ccccc2)CCN1C(=O)OC(C)(C)C. The van der Waals surface area contributed by atoms with Gasteiger partial charge < -0.3 is 19.2 Å². The summed E-state index contributed by atoms with van der Waals surface area (Å²) in [6.07, 6.45) is -0.368. The lowest BCUT2D eigenvalue weighted by Crippen LogP contribution is -2.48. The number of likely N-dealkylation sites (tertiary alicyclic amines) is 1. The molecule has 1 aromatic rings. The third-order valence-corrected chi connectivity index (χ3v) is 4.29. The van der Waals surface area contributed by atoms with Gasteiger partial charge in [-0.2, -0.15) is 0 Å². The fraction of sp³-hybridized carbons (Fsp3) is 0.550. The van der Waals surface area contributed by atoms with Crippen LogP contribution in [0.2, 0.25) is 0 Å². The van der Waals surface area contributed by atoms with Gasteiger partial charge in [0.05, 0.1) is 5.92 Å². The van der Waals surface area contributed by atoms with E-state index >= 15 is 0 Å². The fourth-order valence-corrected chi connectivity index (χ4v) is 2.91. The van der Waals surface area contributed by atoms with E-state index in [1.54, 1.807) is 4.90 Å². The lowest BCUT2D eigenvalue weighted by atomic mass is 9.92. The van der Waals surface area contributed by atoms with Gasteiger partial charge in [0, 0.05) is 12.6 Å². The molecule has 0 radical (unpaired) electrons. The van der Waals surface area contributed by atoms with Gasteiger partial charge in [-0.3, -0.25) is 0 Å². The van der Waals surface area contributed by atoms with Gasteiger partial charge in [-0.1, -0.05) is 30.3 Å². The maximum atomic E-state index is 12.2. The number of carbonyl (C=O) groups excluding carboxylic acids is 3. The first-order chi connectivity index (χ1) is 13.2. The summed E-state index contributed by atoms with van der Waals surface area (Å²) in [6, 6.07) is 8.99. The van der Waals surface area contributed by atoms with Crippen LogP contribution in [0.25, 0.3) is 0 Å². The topological polar surface area (TPSA) is 94.2 Å². The Hall–Kier alpha value is -2.77. The Morgan fingerprint density at radius 2 is 1.86 bits per heavy atom. The van der Waals surface area contributed by atoms with Gasteiger partial charge in [-0.25, -0.2) is 14.4 Å². The number of hydrogen-bond donors (Lipinski definition) is 1. The number of nitrogens with zero attached hydrogens (tertiary/aromatic N) is 1. The first-order valence-corrected chi connectivity index (χ1v) is 9.32. The minimum absolute atomic E-state index is 0.0789. The summed E-state index contributed by atoms with van der Waals surface area (Å²) in [7, 11) is 0. The summed E-state index contributed by atoms with van der Waals surface area (Å²) in [4.78, 5) is 42.5. The number of nitrogens with one attached hydrogen (secondary N) is 1. The molecule has 1 aliphatic rings. The minimum Gasteiger partial charge on any atom is -0.444 e. The molecule has 1 fully saturated rings. The quantitative estimate of drug-likeness (QED) is 0.626. The van der Waals surface area contributed by atoms with Crippen LogP contribution in [0.3, 0.4) is 0 Å². The molecule has 1 N–H and O–H groups in total. The van der Waals surface area contributed by atoms with Crippen molar-refractivity contribution in [3.05, 3.63) is 35.9 Å². The second-order valence-corrected chi connectivity index (χ2v) is 7.83. The second-order valence-electron chi connectivity index (χ2n) is 7.83. The number of ether oxygens (including phenoxy) is 2. The highest BCUT2D eigenvalue weighted by molar-refractivity contribution is 5.76. The molecule has 0 aromatic heterocycles. The van der Waals surface area contributed by atoms with Crippen molar-refractivity contribution in [1.29, 1.82) is 0 Å². The van der Waals surface area contributed by atoms with Gasteiger partial charge in [0.2, 0.25) is 0 Å². The predicted molar refractivity (Wildman–Crippen MR) is 101 cm³/mol. The van der Waals surface area contributed by atoms with Crippen LogP contribution < -0.4 is 5.48 Å². The third-order valence-electron chi connectivity index (χ3n) is 4.29. The number of piperidine rings is 1. The van der Waals surface area contributed by atoms with Crippen LogP contribution in [0, 0.1) is 5.92 Å². The maximum absolute atomic E-state index is 12.2. The van der Waals surface area contributed by atoms with Crippen molar-refractivity contribution in [2.45, 2.75) is 58.8 Å². The lowest BCUT2D eigenvalue weighted by molar-refractivity contribution is -0.157. The highest BCUT2D eigenvalue weighted by Crippen LogP contribution is 2.25. The van der Waals surface area contributed by atoms with E-state index in [1.807, 2.05) is 63.5 Å². The van der Waals surface area contributed by atoms with Gasteiger partial charge in [0.1, 0.15) is 12.2 Å². The first kappa shape index (κ1) is 21.5. The van der Waals surface area contributed by atoms with E-state index in [2.05, 4.69) is 0 Å². The van der Waals surface area contributed by atoms with E-state index in [0.29, 0.717) is 19.4 Å². The van der Waals surface area contributed by atoms with Crippen molar-refractivity contribution >= 4 is 18.2 Å². The molecule has 0 saturated carbocycles. The zero-order valence-corrected chi connectivity index (χ0v) is 16.8. The maximum Gasteiger partial charge on any atom is 0.441 e. The smallest absolute Gasteiger partial charge is 0.441 e. The largest absolute Gasteiger partial charge is 0.444 e. The van der Waals surface area contributed by atoms with Crippen molar-refractivity contribution in [3.8, 4) is 0 Å². The molecule has 28 heavy (non-hydrogen) atoms. The Morgan fingerprint density at radius 1 is 1.18 bits per heavy atom. The molecular formula is C20H28N2O6. The first-order valence-electron chi connectivity index (χ1n) is 9.32. The van der Waals surface area contributed by atoms with Gasteiger partial charge in [0.15, 0.2) is 0 Å². The Kier molecular flexibility index (Phi) is 7.25. The van der Waals surface area contributed by atoms with Gasteiger partial charge in [0.25, 0.3) is 0 Å². The Morgan fingerprint density at radius 3 is 2.46 bits per heavy atom. The van der Waals surface area contributed by atoms with Crippen molar-refractivity contribution in [2.75, 3.05) is 6.54 Å². The van der Waals surface area contributed by atoms with Crippen LogP contribution in [-0.4, -0.2) is 41.2 Å². The highest BCUT2D eigenvalue weighted by Gasteiger charge is 2.35. The molecule has 2 atom stereocenters. The minimum atomic E-state index is -0.837. The number of carbonyl (C=O) groups is 3.